The predicted octanol–water partition coefficient (Wildman–Crippen LogP) is -0.0518. The summed E-state index contributed by atoms with van der Waals surface area (Å²) in [6, 6.07) is 1.52. The van der Waals surface area contributed by atoms with Gasteiger partial charge in [-0.2, -0.15) is 0 Å². The molecule has 0 saturated carbocycles. The van der Waals surface area contributed by atoms with E-state index in [1.165, 1.54) is 20.3 Å². The van der Waals surface area contributed by atoms with E-state index in [4.69, 9.17) is 14.0 Å². The van der Waals surface area contributed by atoms with E-state index in [1.807, 2.05) is 0 Å². The van der Waals surface area contributed by atoms with Gasteiger partial charge < -0.3 is 24.4 Å². The SMILES string of the molecule is COCc1cc(C(=O)NCCC(O)COC)no1. The Morgan fingerprint density at radius 2 is 2.33 bits per heavy atom. The first kappa shape index (κ1) is 14.6. The van der Waals surface area contributed by atoms with Crippen LogP contribution in [0.5, 0.6) is 0 Å². The minimum Gasteiger partial charge on any atom is -0.391 e. The Bertz CT molecular complexity index is 366. The van der Waals surface area contributed by atoms with E-state index in [0.717, 1.165) is 0 Å². The molecule has 1 atom stereocenters. The summed E-state index contributed by atoms with van der Waals surface area (Å²) in [6.45, 7) is 0.862. The molecule has 7 nitrogen and oxygen atoms in total. The summed E-state index contributed by atoms with van der Waals surface area (Å²) in [7, 11) is 3.04. The first-order chi connectivity index (χ1) is 8.67. The summed E-state index contributed by atoms with van der Waals surface area (Å²) in [6.07, 6.45) is -0.167. The van der Waals surface area contributed by atoms with Gasteiger partial charge in [0.25, 0.3) is 5.91 Å². The van der Waals surface area contributed by atoms with Crippen LogP contribution in [0, 0.1) is 0 Å². The zero-order chi connectivity index (χ0) is 13.4. The highest BCUT2D eigenvalue weighted by Crippen LogP contribution is 2.04. The number of rotatable bonds is 8. The number of nitrogens with zero attached hydrogens (tertiary/aromatic N) is 1. The highest BCUT2D eigenvalue weighted by molar-refractivity contribution is 5.92. The Balaban J connectivity index is 2.31. The van der Waals surface area contributed by atoms with Crippen LogP contribution in [0.2, 0.25) is 0 Å². The fraction of sp³-hybridized carbons (Fsp3) is 0.636. The number of hydrogen-bond donors (Lipinski definition) is 2. The molecule has 0 spiro atoms. The van der Waals surface area contributed by atoms with E-state index < -0.39 is 6.10 Å². The lowest BCUT2D eigenvalue weighted by Crippen LogP contribution is -2.28. The number of aromatic nitrogens is 1. The summed E-state index contributed by atoms with van der Waals surface area (Å²) in [5, 5.41) is 15.6. The lowest BCUT2D eigenvalue weighted by molar-refractivity contribution is 0.0587. The molecule has 0 aliphatic heterocycles. The van der Waals surface area contributed by atoms with Crippen molar-refractivity contribution in [3.05, 3.63) is 17.5 Å². The van der Waals surface area contributed by atoms with Crippen molar-refractivity contribution in [2.24, 2.45) is 0 Å². The number of amides is 1. The minimum atomic E-state index is -0.586. The lowest BCUT2D eigenvalue weighted by Gasteiger charge is -2.09. The molecule has 0 aliphatic carbocycles. The van der Waals surface area contributed by atoms with Crippen molar-refractivity contribution in [2.45, 2.75) is 19.1 Å². The van der Waals surface area contributed by atoms with Crippen molar-refractivity contribution in [1.29, 1.82) is 0 Å². The monoisotopic (exact) mass is 258 g/mol. The molecule has 7 heteroatoms. The number of aliphatic hydroxyl groups is 1. The van der Waals surface area contributed by atoms with Gasteiger partial charge in [0.15, 0.2) is 11.5 Å². The summed E-state index contributed by atoms with van der Waals surface area (Å²) >= 11 is 0. The fourth-order valence-electron chi connectivity index (χ4n) is 1.35. The van der Waals surface area contributed by atoms with Crippen molar-refractivity contribution >= 4 is 5.91 Å². The molecule has 0 fully saturated rings. The zero-order valence-electron chi connectivity index (χ0n) is 10.5. The quantitative estimate of drug-likeness (QED) is 0.679. The molecule has 0 bridgehead atoms. The number of methoxy groups -OCH3 is 2. The Hall–Kier alpha value is -1.44. The van der Waals surface area contributed by atoms with Gasteiger partial charge in [-0.1, -0.05) is 5.16 Å². The maximum atomic E-state index is 11.6. The topological polar surface area (TPSA) is 93.8 Å². The molecule has 102 valence electrons. The van der Waals surface area contributed by atoms with E-state index in [0.29, 0.717) is 18.7 Å². The van der Waals surface area contributed by atoms with Crippen LogP contribution in [-0.2, 0) is 16.1 Å². The van der Waals surface area contributed by atoms with Gasteiger partial charge in [0.2, 0.25) is 0 Å². The van der Waals surface area contributed by atoms with Gasteiger partial charge in [0.05, 0.1) is 12.7 Å². The standard InChI is InChI=1S/C11H18N2O5/c1-16-6-8(14)3-4-12-11(15)10-5-9(7-17-2)18-13-10/h5,8,14H,3-4,6-7H2,1-2H3,(H,12,15). The Labute approximate surface area is 105 Å². The van der Waals surface area contributed by atoms with Gasteiger partial charge >= 0.3 is 0 Å². The van der Waals surface area contributed by atoms with E-state index in [2.05, 4.69) is 10.5 Å². The van der Waals surface area contributed by atoms with Crippen LogP contribution in [0.3, 0.4) is 0 Å². The third kappa shape index (κ3) is 4.82. The number of carbonyl (C=O) groups excluding carboxylic acids is 1. The highest BCUT2D eigenvalue weighted by atomic mass is 16.5. The van der Waals surface area contributed by atoms with Gasteiger partial charge in [0, 0.05) is 26.8 Å². The fourth-order valence-corrected chi connectivity index (χ4v) is 1.35. The predicted molar refractivity (Wildman–Crippen MR) is 62.0 cm³/mol. The molecule has 1 amide bonds. The van der Waals surface area contributed by atoms with E-state index in [-0.39, 0.29) is 24.8 Å². The van der Waals surface area contributed by atoms with Gasteiger partial charge in [-0.3, -0.25) is 4.79 Å². The number of aliphatic hydroxyl groups excluding tert-OH is 1. The first-order valence-electron chi connectivity index (χ1n) is 5.57. The summed E-state index contributed by atoms with van der Waals surface area (Å²) in [4.78, 5) is 11.6. The second kappa shape index (κ2) is 7.80. The molecule has 0 saturated heterocycles. The van der Waals surface area contributed by atoms with Gasteiger partial charge in [0.1, 0.15) is 6.61 Å². The van der Waals surface area contributed by atoms with Crippen LogP contribution in [-0.4, -0.2) is 49.6 Å². The van der Waals surface area contributed by atoms with E-state index in [9.17, 15) is 9.90 Å². The number of carbonyl (C=O) groups is 1. The van der Waals surface area contributed by atoms with Crippen LogP contribution >= 0.6 is 0 Å². The van der Waals surface area contributed by atoms with Crippen LogP contribution in [0.25, 0.3) is 0 Å². The molecule has 0 radical (unpaired) electrons. The summed E-state index contributed by atoms with van der Waals surface area (Å²) in [5.74, 6) is 0.146. The second-order valence-corrected chi connectivity index (χ2v) is 3.77. The normalized spacial score (nSPS) is 12.4. The molecule has 1 unspecified atom stereocenters. The van der Waals surface area contributed by atoms with Gasteiger partial charge in [-0.25, -0.2) is 0 Å². The molecule has 1 aromatic heterocycles. The molecule has 1 aromatic rings. The molecule has 18 heavy (non-hydrogen) atoms. The number of hydrogen-bond acceptors (Lipinski definition) is 6. The van der Waals surface area contributed by atoms with Crippen LogP contribution in [0.4, 0.5) is 0 Å². The van der Waals surface area contributed by atoms with E-state index in [1.54, 1.807) is 0 Å². The zero-order valence-corrected chi connectivity index (χ0v) is 10.5. The number of ether oxygens (including phenoxy) is 2. The molecule has 0 aromatic carbocycles. The Kier molecular flexibility index (Phi) is 6.34. The van der Waals surface area contributed by atoms with Crippen molar-refractivity contribution in [3.8, 4) is 0 Å². The average Bonchev–Trinajstić information content (AvgIpc) is 2.78. The summed E-state index contributed by atoms with van der Waals surface area (Å²) < 4.78 is 14.5. The molecule has 0 aliphatic rings. The third-order valence-electron chi connectivity index (χ3n) is 2.20. The van der Waals surface area contributed by atoms with E-state index >= 15 is 0 Å². The van der Waals surface area contributed by atoms with Crippen molar-refractivity contribution in [1.82, 2.24) is 10.5 Å². The van der Waals surface area contributed by atoms with Crippen molar-refractivity contribution in [3.63, 3.8) is 0 Å². The van der Waals surface area contributed by atoms with Crippen LogP contribution < -0.4 is 5.32 Å². The molecule has 2 N–H and O–H groups in total. The van der Waals surface area contributed by atoms with Crippen molar-refractivity contribution < 1.29 is 23.9 Å². The molecular weight excluding hydrogens is 240 g/mol. The summed E-state index contributed by atoms with van der Waals surface area (Å²) in [5.41, 5.74) is 0.197. The number of nitrogens with one attached hydrogen (secondary N) is 1. The molecular formula is C11H18N2O5. The first-order valence-corrected chi connectivity index (χ1v) is 5.57. The maximum absolute atomic E-state index is 11.6. The third-order valence-corrected chi connectivity index (χ3v) is 2.20. The Morgan fingerprint density at radius 1 is 1.56 bits per heavy atom. The molecule has 1 heterocycles. The second-order valence-electron chi connectivity index (χ2n) is 3.77. The van der Waals surface area contributed by atoms with Crippen LogP contribution in [0.1, 0.15) is 22.7 Å². The van der Waals surface area contributed by atoms with Gasteiger partial charge in [-0.15, -0.1) is 0 Å². The maximum Gasteiger partial charge on any atom is 0.273 e. The van der Waals surface area contributed by atoms with Gasteiger partial charge in [-0.05, 0) is 6.42 Å². The smallest absolute Gasteiger partial charge is 0.273 e. The minimum absolute atomic E-state index is 0.197. The largest absolute Gasteiger partial charge is 0.391 e. The lowest BCUT2D eigenvalue weighted by atomic mass is 10.2. The molecule has 1 rings (SSSR count). The Morgan fingerprint density at radius 3 is 3.00 bits per heavy atom. The average molecular weight is 258 g/mol. The highest BCUT2D eigenvalue weighted by Gasteiger charge is 2.12. The van der Waals surface area contributed by atoms with Crippen molar-refractivity contribution in [2.75, 3.05) is 27.4 Å². The van der Waals surface area contributed by atoms with Crippen LogP contribution in [0.15, 0.2) is 10.6 Å².